The number of carbonyl (C=O) groups excluding carboxylic acids is 1. The average Bonchev–Trinajstić information content (AvgIpc) is 2.75. The highest BCUT2D eigenvalue weighted by molar-refractivity contribution is 5.94. The van der Waals surface area contributed by atoms with E-state index < -0.39 is 24.5 Å². The quantitative estimate of drug-likeness (QED) is 0.273. The van der Waals surface area contributed by atoms with E-state index in [-0.39, 0.29) is 36.7 Å². The van der Waals surface area contributed by atoms with E-state index in [9.17, 15) is 20.1 Å². The average molecular weight is 473 g/mol. The molecule has 1 aromatic carbocycles. The molecule has 0 aliphatic carbocycles. The number of rotatable bonds is 8. The van der Waals surface area contributed by atoms with Crippen LogP contribution in [0.1, 0.15) is 75.7 Å². The molecule has 4 atom stereocenters. The Bertz CT molecular complexity index is 881. The van der Waals surface area contributed by atoms with Gasteiger partial charge in [-0.1, -0.05) is 54.5 Å². The second-order valence-electron chi connectivity index (χ2n) is 9.42. The van der Waals surface area contributed by atoms with Crippen LogP contribution in [0.3, 0.4) is 0 Å². The van der Waals surface area contributed by atoms with E-state index in [1.165, 1.54) is 17.2 Å². The summed E-state index contributed by atoms with van der Waals surface area (Å²) in [6.07, 6.45) is 8.62. The highest BCUT2D eigenvalue weighted by Crippen LogP contribution is 2.27. The fraction of sp³-hybridized carbons (Fsp3) is 0.536. The van der Waals surface area contributed by atoms with Gasteiger partial charge in [0.15, 0.2) is 6.29 Å². The molecule has 0 amide bonds. The van der Waals surface area contributed by atoms with Gasteiger partial charge in [0.1, 0.15) is 17.4 Å². The first kappa shape index (κ1) is 27.8. The largest absolute Gasteiger partial charge is 0.507 e. The van der Waals surface area contributed by atoms with Gasteiger partial charge in [0, 0.05) is 12.8 Å². The Kier molecular flexibility index (Phi) is 11.5. The summed E-state index contributed by atoms with van der Waals surface area (Å²) < 4.78 is 11.2. The summed E-state index contributed by atoms with van der Waals surface area (Å²) in [5.74, 6) is -0.856. The molecule has 3 N–H and O–H groups in total. The van der Waals surface area contributed by atoms with Crippen molar-refractivity contribution < 1.29 is 29.6 Å². The van der Waals surface area contributed by atoms with Crippen LogP contribution in [0.5, 0.6) is 5.75 Å². The number of esters is 1. The van der Waals surface area contributed by atoms with Gasteiger partial charge in [-0.2, -0.15) is 0 Å². The molecule has 0 fully saturated rings. The number of allylic oxidation sites excluding steroid dienone is 5. The van der Waals surface area contributed by atoms with Crippen LogP contribution in [0.25, 0.3) is 0 Å². The van der Waals surface area contributed by atoms with Crippen molar-refractivity contribution in [2.24, 2.45) is 5.92 Å². The van der Waals surface area contributed by atoms with Crippen molar-refractivity contribution in [2.75, 3.05) is 6.61 Å². The van der Waals surface area contributed by atoms with E-state index in [1.54, 1.807) is 12.1 Å². The number of aliphatic hydroxyl groups is 2. The van der Waals surface area contributed by atoms with Gasteiger partial charge < -0.3 is 24.8 Å². The lowest BCUT2D eigenvalue weighted by molar-refractivity contribution is -0.117. The van der Waals surface area contributed by atoms with Gasteiger partial charge in [-0.05, 0) is 64.0 Å². The highest BCUT2D eigenvalue weighted by atomic mass is 16.6. The third-order valence-corrected chi connectivity index (χ3v) is 6.06. The van der Waals surface area contributed by atoms with Crippen molar-refractivity contribution in [3.63, 3.8) is 0 Å². The number of benzene rings is 1. The summed E-state index contributed by atoms with van der Waals surface area (Å²) in [5.41, 5.74) is 3.24. The minimum atomic E-state index is -1.15. The molecule has 2 rings (SSSR count). The van der Waals surface area contributed by atoms with Crippen molar-refractivity contribution in [3.05, 3.63) is 64.8 Å². The van der Waals surface area contributed by atoms with E-state index in [4.69, 9.17) is 9.47 Å². The van der Waals surface area contributed by atoms with Gasteiger partial charge in [0.25, 0.3) is 0 Å². The Labute approximate surface area is 203 Å². The SMILES string of the molecule is CC(C)=CCC/C(C)=C/COC(O)CC1CC(O)C(C)C/C=C/Cc2cccc(O)c2C(=O)O1. The molecule has 188 valence electrons. The lowest BCUT2D eigenvalue weighted by atomic mass is 9.93. The molecule has 4 unspecified atom stereocenters. The number of phenols is 1. The molecule has 1 aliphatic heterocycles. The van der Waals surface area contributed by atoms with Gasteiger partial charge in [-0.25, -0.2) is 4.79 Å². The van der Waals surface area contributed by atoms with Crippen molar-refractivity contribution in [1.29, 1.82) is 0 Å². The summed E-state index contributed by atoms with van der Waals surface area (Å²) in [6, 6.07) is 4.92. The second-order valence-corrected chi connectivity index (χ2v) is 9.42. The Morgan fingerprint density at radius 1 is 1.24 bits per heavy atom. The maximum absolute atomic E-state index is 12.9. The first-order valence-corrected chi connectivity index (χ1v) is 12.1. The number of carbonyl (C=O) groups is 1. The molecular formula is C28H40O6. The summed E-state index contributed by atoms with van der Waals surface area (Å²) in [7, 11) is 0. The molecule has 0 bridgehead atoms. The van der Waals surface area contributed by atoms with E-state index in [1.807, 2.05) is 32.1 Å². The minimum absolute atomic E-state index is 0.0267. The van der Waals surface area contributed by atoms with Gasteiger partial charge in [0.2, 0.25) is 0 Å². The normalized spacial score (nSPS) is 23.6. The number of hydrogen-bond donors (Lipinski definition) is 3. The number of cyclic esters (lactones) is 1. The van der Waals surface area contributed by atoms with E-state index in [0.29, 0.717) is 18.4 Å². The molecule has 6 heteroatoms. The Hall–Kier alpha value is -2.41. The molecule has 1 aromatic rings. The van der Waals surface area contributed by atoms with Crippen molar-refractivity contribution in [3.8, 4) is 5.75 Å². The zero-order valence-electron chi connectivity index (χ0n) is 20.9. The van der Waals surface area contributed by atoms with E-state index >= 15 is 0 Å². The van der Waals surface area contributed by atoms with Crippen molar-refractivity contribution >= 4 is 5.97 Å². The molecule has 1 heterocycles. The zero-order chi connectivity index (χ0) is 25.1. The highest BCUT2D eigenvalue weighted by Gasteiger charge is 2.27. The standard InChI is InChI=1S/C28H40O6/c1-19(2)9-7-10-20(3)15-16-33-26(31)18-23-17-25(30)21(4)11-5-6-12-22-13-8-14-24(29)27(22)28(32)34-23/h5-6,8-9,13-15,21,23,25-26,29-31H,7,10-12,16-18H2,1-4H3/b6-5+,20-15+. The van der Waals surface area contributed by atoms with Gasteiger partial charge >= 0.3 is 5.97 Å². The maximum atomic E-state index is 12.9. The fourth-order valence-electron chi connectivity index (χ4n) is 3.86. The van der Waals surface area contributed by atoms with Gasteiger partial charge in [-0.3, -0.25) is 0 Å². The first-order chi connectivity index (χ1) is 16.2. The molecule has 34 heavy (non-hydrogen) atoms. The number of aromatic hydroxyl groups is 1. The van der Waals surface area contributed by atoms with Crippen LogP contribution in [0, 0.1) is 5.92 Å². The van der Waals surface area contributed by atoms with Crippen LogP contribution in [0.4, 0.5) is 0 Å². The lowest BCUT2D eigenvalue weighted by Crippen LogP contribution is -2.32. The van der Waals surface area contributed by atoms with Gasteiger partial charge in [-0.15, -0.1) is 0 Å². The van der Waals surface area contributed by atoms with Crippen LogP contribution in [0.2, 0.25) is 0 Å². The topological polar surface area (TPSA) is 96.2 Å². The number of hydrogen-bond acceptors (Lipinski definition) is 6. The number of aliphatic hydroxyl groups excluding tert-OH is 2. The fourth-order valence-corrected chi connectivity index (χ4v) is 3.86. The minimum Gasteiger partial charge on any atom is -0.507 e. The molecule has 0 saturated carbocycles. The molecular weight excluding hydrogens is 432 g/mol. The Morgan fingerprint density at radius 3 is 2.74 bits per heavy atom. The Morgan fingerprint density at radius 2 is 2.00 bits per heavy atom. The predicted octanol–water partition coefficient (Wildman–Crippen LogP) is 5.22. The zero-order valence-corrected chi connectivity index (χ0v) is 20.9. The van der Waals surface area contributed by atoms with Crippen LogP contribution in [-0.4, -0.2) is 46.4 Å². The molecule has 0 aromatic heterocycles. The first-order valence-electron chi connectivity index (χ1n) is 12.1. The van der Waals surface area contributed by atoms with Crippen LogP contribution in [0.15, 0.2) is 53.6 Å². The smallest absolute Gasteiger partial charge is 0.342 e. The molecule has 1 aliphatic rings. The predicted molar refractivity (Wildman–Crippen MR) is 134 cm³/mol. The molecule has 0 spiro atoms. The number of phenolic OH excluding ortho intramolecular Hbond substituents is 1. The number of ether oxygens (including phenoxy) is 2. The summed E-state index contributed by atoms with van der Waals surface area (Å²) in [4.78, 5) is 12.9. The van der Waals surface area contributed by atoms with E-state index in [0.717, 1.165) is 12.8 Å². The summed E-state index contributed by atoms with van der Waals surface area (Å²) in [6.45, 7) is 8.36. The summed E-state index contributed by atoms with van der Waals surface area (Å²) in [5, 5.41) is 31.4. The second kappa shape index (κ2) is 14.1. The van der Waals surface area contributed by atoms with Crippen LogP contribution < -0.4 is 0 Å². The monoisotopic (exact) mass is 472 g/mol. The molecule has 6 nitrogen and oxygen atoms in total. The number of fused-ring (bicyclic) bond motifs is 1. The van der Waals surface area contributed by atoms with Crippen LogP contribution in [-0.2, 0) is 15.9 Å². The summed E-state index contributed by atoms with van der Waals surface area (Å²) >= 11 is 0. The maximum Gasteiger partial charge on any atom is 0.342 e. The van der Waals surface area contributed by atoms with Gasteiger partial charge in [0.05, 0.1) is 12.7 Å². The Balaban J connectivity index is 2.07. The molecule has 0 radical (unpaired) electrons. The van der Waals surface area contributed by atoms with E-state index in [2.05, 4.69) is 19.9 Å². The van der Waals surface area contributed by atoms with Crippen LogP contribution >= 0.6 is 0 Å². The third kappa shape index (κ3) is 9.45. The molecule has 0 saturated heterocycles. The van der Waals surface area contributed by atoms with Crippen molar-refractivity contribution in [1.82, 2.24) is 0 Å². The lowest BCUT2D eigenvalue weighted by Gasteiger charge is -2.26. The third-order valence-electron chi connectivity index (χ3n) is 6.06. The van der Waals surface area contributed by atoms with Crippen molar-refractivity contribution in [2.45, 2.75) is 84.7 Å².